The van der Waals surface area contributed by atoms with E-state index in [1.54, 1.807) is 6.07 Å². The smallest absolute Gasteiger partial charge is 0.336 e. The molecular formula is C22H17NO6. The van der Waals surface area contributed by atoms with Crippen LogP contribution in [0.3, 0.4) is 0 Å². The highest BCUT2D eigenvalue weighted by atomic mass is 16.6. The van der Waals surface area contributed by atoms with Gasteiger partial charge in [-0.15, -0.1) is 0 Å². The monoisotopic (exact) mass is 391 g/mol. The first-order chi connectivity index (χ1) is 14.0. The molecule has 4 rings (SSSR count). The second-order valence-electron chi connectivity index (χ2n) is 6.85. The van der Waals surface area contributed by atoms with E-state index < -0.39 is 16.5 Å². The normalized spacial score (nSPS) is 13.0. The Hall–Kier alpha value is -3.74. The lowest BCUT2D eigenvalue weighted by Gasteiger charge is -2.08. The summed E-state index contributed by atoms with van der Waals surface area (Å²) in [6.45, 7) is -0.0704. The van der Waals surface area contributed by atoms with Crippen molar-refractivity contribution in [3.8, 4) is 0 Å². The van der Waals surface area contributed by atoms with Gasteiger partial charge < -0.3 is 9.15 Å². The van der Waals surface area contributed by atoms with Crippen LogP contribution in [0.4, 0.5) is 5.69 Å². The van der Waals surface area contributed by atoms with Crippen LogP contribution in [0.2, 0.25) is 0 Å². The molecule has 1 aliphatic rings. The molecule has 7 nitrogen and oxygen atoms in total. The van der Waals surface area contributed by atoms with Crippen LogP contribution >= 0.6 is 0 Å². The summed E-state index contributed by atoms with van der Waals surface area (Å²) in [4.78, 5) is 34.3. The van der Waals surface area contributed by atoms with E-state index in [-0.39, 0.29) is 12.3 Å². The van der Waals surface area contributed by atoms with E-state index >= 15 is 0 Å². The number of aryl methyl sites for hydroxylation is 2. The highest BCUT2D eigenvalue weighted by molar-refractivity contribution is 5.87. The van der Waals surface area contributed by atoms with Crippen LogP contribution in [0, 0.1) is 10.1 Å². The minimum atomic E-state index is -0.612. The van der Waals surface area contributed by atoms with Crippen molar-refractivity contribution in [2.75, 3.05) is 0 Å². The Morgan fingerprint density at radius 1 is 1.17 bits per heavy atom. The molecule has 1 aromatic heterocycles. The lowest BCUT2D eigenvalue weighted by molar-refractivity contribution is -0.384. The number of non-ortho nitro benzene ring substituents is 1. The van der Waals surface area contributed by atoms with Crippen molar-refractivity contribution in [2.24, 2.45) is 0 Å². The van der Waals surface area contributed by atoms with Crippen molar-refractivity contribution >= 4 is 28.7 Å². The van der Waals surface area contributed by atoms with Crippen LogP contribution in [0.25, 0.3) is 17.0 Å². The molecule has 29 heavy (non-hydrogen) atoms. The van der Waals surface area contributed by atoms with Crippen molar-refractivity contribution in [3.05, 3.63) is 91.3 Å². The fraction of sp³-hybridized carbons (Fsp3) is 0.182. The Morgan fingerprint density at radius 2 is 1.97 bits per heavy atom. The number of nitro groups is 1. The summed E-state index contributed by atoms with van der Waals surface area (Å²) in [6.07, 6.45) is 5.67. The molecule has 2 aromatic carbocycles. The first-order valence-corrected chi connectivity index (χ1v) is 9.17. The minimum absolute atomic E-state index is 0.0597. The van der Waals surface area contributed by atoms with E-state index in [4.69, 9.17) is 9.15 Å². The molecule has 0 saturated carbocycles. The minimum Gasteiger partial charge on any atom is -0.458 e. The Morgan fingerprint density at radius 3 is 2.76 bits per heavy atom. The molecule has 0 radical (unpaired) electrons. The van der Waals surface area contributed by atoms with E-state index in [1.165, 1.54) is 47.5 Å². The maximum atomic E-state index is 12.1. The second kappa shape index (κ2) is 7.71. The number of esters is 1. The largest absolute Gasteiger partial charge is 0.458 e. The molecule has 3 aromatic rings. The van der Waals surface area contributed by atoms with Crippen LogP contribution in [0.15, 0.2) is 57.8 Å². The van der Waals surface area contributed by atoms with Gasteiger partial charge >= 0.3 is 11.6 Å². The van der Waals surface area contributed by atoms with Crippen LogP contribution in [-0.4, -0.2) is 10.9 Å². The van der Waals surface area contributed by atoms with Gasteiger partial charge in [0.05, 0.1) is 4.92 Å². The Kier molecular flexibility index (Phi) is 4.95. The molecule has 7 heteroatoms. The summed E-state index contributed by atoms with van der Waals surface area (Å²) in [7, 11) is 0. The van der Waals surface area contributed by atoms with Gasteiger partial charge in [0.2, 0.25) is 0 Å². The Balaban J connectivity index is 1.51. The summed E-state index contributed by atoms with van der Waals surface area (Å²) in [5.41, 5.74) is 3.46. The highest BCUT2D eigenvalue weighted by Crippen LogP contribution is 2.28. The van der Waals surface area contributed by atoms with Gasteiger partial charge in [-0.25, -0.2) is 9.59 Å². The van der Waals surface area contributed by atoms with E-state index in [0.717, 1.165) is 24.6 Å². The van der Waals surface area contributed by atoms with Crippen molar-refractivity contribution in [3.63, 3.8) is 0 Å². The maximum absolute atomic E-state index is 12.1. The van der Waals surface area contributed by atoms with Gasteiger partial charge in [0.1, 0.15) is 12.2 Å². The third-order valence-electron chi connectivity index (χ3n) is 4.91. The molecule has 1 aliphatic carbocycles. The van der Waals surface area contributed by atoms with Gasteiger partial charge in [-0.05, 0) is 54.2 Å². The summed E-state index contributed by atoms with van der Waals surface area (Å²) < 4.78 is 10.6. The zero-order valence-electron chi connectivity index (χ0n) is 15.4. The SMILES string of the molecule is O=C(/C=C/c1cccc([N+](=O)[O-])c1)OCc1cc(=O)oc2cc3c(cc12)CCC3. The lowest BCUT2D eigenvalue weighted by Crippen LogP contribution is -2.06. The van der Waals surface area contributed by atoms with Crippen molar-refractivity contribution in [2.45, 2.75) is 25.9 Å². The number of fused-ring (bicyclic) bond motifs is 2. The summed E-state index contributed by atoms with van der Waals surface area (Å²) in [5, 5.41) is 11.6. The standard InChI is InChI=1S/C22H17NO6/c24-21(8-7-14-3-1-6-18(9-14)23(26)27)28-13-17-12-22(25)29-20-11-16-5-2-4-15(16)10-19(17)20/h1,3,6-12H,2,4-5,13H2/b8-7+. The van der Waals surface area contributed by atoms with E-state index in [2.05, 4.69) is 0 Å². The topological polar surface area (TPSA) is 99.6 Å². The number of hydrogen-bond donors (Lipinski definition) is 0. The summed E-state index contributed by atoms with van der Waals surface area (Å²) in [5.74, 6) is -0.612. The fourth-order valence-corrected chi connectivity index (χ4v) is 3.52. The predicted molar refractivity (Wildman–Crippen MR) is 106 cm³/mol. The molecule has 0 atom stereocenters. The fourth-order valence-electron chi connectivity index (χ4n) is 3.52. The van der Waals surface area contributed by atoms with Crippen molar-refractivity contribution in [1.82, 2.24) is 0 Å². The molecule has 0 fully saturated rings. The first kappa shape index (κ1) is 18.6. The zero-order valence-corrected chi connectivity index (χ0v) is 15.4. The first-order valence-electron chi connectivity index (χ1n) is 9.17. The van der Waals surface area contributed by atoms with Gasteiger partial charge in [0.25, 0.3) is 5.69 Å². The molecular weight excluding hydrogens is 374 g/mol. The second-order valence-corrected chi connectivity index (χ2v) is 6.85. The summed E-state index contributed by atoms with van der Waals surface area (Å²) in [6, 6.07) is 11.2. The van der Waals surface area contributed by atoms with E-state index in [9.17, 15) is 19.7 Å². The molecule has 0 N–H and O–H groups in total. The maximum Gasteiger partial charge on any atom is 0.336 e. The molecule has 0 amide bonds. The van der Waals surface area contributed by atoms with E-state index in [0.29, 0.717) is 16.7 Å². The predicted octanol–water partition coefficient (Wildman–Crippen LogP) is 3.95. The quantitative estimate of drug-likeness (QED) is 0.215. The zero-order chi connectivity index (χ0) is 20.4. The molecule has 0 bridgehead atoms. The van der Waals surface area contributed by atoms with Gasteiger partial charge in [-0.1, -0.05) is 12.1 Å². The third kappa shape index (κ3) is 4.08. The highest BCUT2D eigenvalue weighted by Gasteiger charge is 2.15. The Bertz CT molecular complexity index is 1210. The number of benzene rings is 2. The third-order valence-corrected chi connectivity index (χ3v) is 4.91. The number of carbonyl (C=O) groups excluding carboxylic acids is 1. The van der Waals surface area contributed by atoms with Crippen molar-refractivity contribution < 1.29 is 18.9 Å². The van der Waals surface area contributed by atoms with Crippen LogP contribution in [-0.2, 0) is 29.0 Å². The van der Waals surface area contributed by atoms with Crippen LogP contribution < -0.4 is 5.63 Å². The van der Waals surface area contributed by atoms with Gasteiger partial charge in [-0.3, -0.25) is 10.1 Å². The van der Waals surface area contributed by atoms with Gasteiger partial charge in [-0.2, -0.15) is 0 Å². The number of ether oxygens (including phenoxy) is 1. The number of nitrogens with zero attached hydrogens (tertiary/aromatic N) is 1. The average molecular weight is 391 g/mol. The van der Waals surface area contributed by atoms with Crippen LogP contribution in [0.1, 0.15) is 28.7 Å². The molecule has 0 unspecified atom stereocenters. The lowest BCUT2D eigenvalue weighted by atomic mass is 10.0. The molecule has 146 valence electrons. The number of carbonyl (C=O) groups is 1. The van der Waals surface area contributed by atoms with Gasteiger partial charge in [0.15, 0.2) is 0 Å². The van der Waals surface area contributed by atoms with E-state index in [1.807, 2.05) is 12.1 Å². The van der Waals surface area contributed by atoms with Crippen molar-refractivity contribution in [1.29, 1.82) is 0 Å². The summed E-state index contributed by atoms with van der Waals surface area (Å²) >= 11 is 0. The molecule has 1 heterocycles. The molecule has 0 saturated heterocycles. The average Bonchev–Trinajstić information content (AvgIpc) is 3.16. The number of rotatable bonds is 5. The number of hydrogen-bond acceptors (Lipinski definition) is 6. The van der Waals surface area contributed by atoms with Gasteiger partial charge in [0, 0.05) is 35.2 Å². The number of nitro benzene ring substituents is 1. The van der Waals surface area contributed by atoms with Crippen LogP contribution in [0.5, 0.6) is 0 Å². The Labute approximate surface area is 165 Å². The molecule has 0 spiro atoms. The molecule has 0 aliphatic heterocycles.